The van der Waals surface area contributed by atoms with Crippen LogP contribution in [0, 0.1) is 6.92 Å². The van der Waals surface area contributed by atoms with Gasteiger partial charge in [0, 0.05) is 32.6 Å². The van der Waals surface area contributed by atoms with E-state index in [1.165, 1.54) is 5.56 Å². The second-order valence-corrected chi connectivity index (χ2v) is 5.04. The number of hydrogen-bond donors (Lipinski definition) is 2. The van der Waals surface area contributed by atoms with Crippen molar-refractivity contribution in [2.75, 3.05) is 26.7 Å². The van der Waals surface area contributed by atoms with Crippen molar-refractivity contribution in [2.24, 2.45) is 11.5 Å². The summed E-state index contributed by atoms with van der Waals surface area (Å²) in [6.07, 6.45) is 0.962. The van der Waals surface area contributed by atoms with Crippen LogP contribution in [-0.2, 0) is 6.42 Å². The van der Waals surface area contributed by atoms with E-state index in [2.05, 4.69) is 29.1 Å². The molecule has 1 aromatic carbocycles. The van der Waals surface area contributed by atoms with Gasteiger partial charge in [0.05, 0.1) is 0 Å². The van der Waals surface area contributed by atoms with Crippen LogP contribution < -0.4 is 11.5 Å². The lowest BCUT2D eigenvalue weighted by Crippen LogP contribution is -2.41. The average molecular weight is 262 g/mol. The smallest absolute Gasteiger partial charge is 0.192 e. The summed E-state index contributed by atoms with van der Waals surface area (Å²) in [7, 11) is 2.06. The van der Waals surface area contributed by atoms with E-state index in [9.17, 15) is 0 Å². The van der Waals surface area contributed by atoms with E-state index >= 15 is 0 Å². The average Bonchev–Trinajstić information content (AvgIpc) is 2.75. The van der Waals surface area contributed by atoms with E-state index in [0.29, 0.717) is 12.4 Å². The van der Waals surface area contributed by atoms with Gasteiger partial charge in [-0.15, -0.1) is 0 Å². The predicted octanol–water partition coefficient (Wildman–Crippen LogP) is 0.897. The van der Waals surface area contributed by atoms with Crippen molar-refractivity contribution >= 4 is 11.1 Å². The van der Waals surface area contributed by atoms with Crippen LogP contribution in [-0.4, -0.2) is 42.6 Å². The van der Waals surface area contributed by atoms with Crippen molar-refractivity contribution in [3.63, 3.8) is 0 Å². The fraction of sp³-hybridized carbons (Fsp3) is 0.500. The molecule has 0 aliphatic carbocycles. The monoisotopic (exact) mass is 262 g/mol. The Morgan fingerprint density at radius 2 is 2.21 bits per heavy atom. The Bertz CT molecular complexity index is 537. The number of nitrogens with two attached hydrogens (primary N) is 2. The van der Waals surface area contributed by atoms with Crippen LogP contribution in [0.5, 0.6) is 0 Å². The van der Waals surface area contributed by atoms with Crippen molar-refractivity contribution < 1.29 is 4.42 Å². The molecule has 5 heteroatoms. The second kappa shape index (κ2) is 6.14. The third-order valence-corrected chi connectivity index (χ3v) is 3.19. The number of rotatable bonds is 6. The first-order chi connectivity index (χ1) is 9.08. The van der Waals surface area contributed by atoms with Gasteiger partial charge in [0.15, 0.2) is 11.5 Å². The zero-order chi connectivity index (χ0) is 13.8. The van der Waals surface area contributed by atoms with Gasteiger partial charge < -0.3 is 20.8 Å². The van der Waals surface area contributed by atoms with E-state index in [0.717, 1.165) is 30.6 Å². The predicted molar refractivity (Wildman–Crippen MR) is 77.0 cm³/mol. The standard InChI is InChI=1S/C14H22N4O/c1-10-17-13-4-3-11(7-14(13)19-10)5-6-18(2)9-12(16)8-15/h3-4,7,12H,5-6,8-9,15-16H2,1-2H3. The number of nitrogens with zero attached hydrogens (tertiary/aromatic N) is 2. The highest BCUT2D eigenvalue weighted by molar-refractivity contribution is 5.73. The SMILES string of the molecule is Cc1nc2ccc(CCN(C)CC(N)CN)cc2o1. The fourth-order valence-electron chi connectivity index (χ4n) is 2.13. The molecule has 0 fully saturated rings. The van der Waals surface area contributed by atoms with Gasteiger partial charge in [-0.25, -0.2) is 4.98 Å². The van der Waals surface area contributed by atoms with E-state index in [-0.39, 0.29) is 6.04 Å². The Morgan fingerprint density at radius 1 is 1.42 bits per heavy atom. The van der Waals surface area contributed by atoms with E-state index in [4.69, 9.17) is 15.9 Å². The van der Waals surface area contributed by atoms with Crippen LogP contribution in [0.25, 0.3) is 11.1 Å². The highest BCUT2D eigenvalue weighted by Crippen LogP contribution is 2.17. The summed E-state index contributed by atoms with van der Waals surface area (Å²) in [5.74, 6) is 0.707. The summed E-state index contributed by atoms with van der Waals surface area (Å²) >= 11 is 0. The van der Waals surface area contributed by atoms with Gasteiger partial charge >= 0.3 is 0 Å². The minimum Gasteiger partial charge on any atom is -0.441 e. The fourth-order valence-corrected chi connectivity index (χ4v) is 2.13. The molecule has 0 saturated heterocycles. The molecule has 0 aliphatic rings. The third-order valence-electron chi connectivity index (χ3n) is 3.19. The van der Waals surface area contributed by atoms with Gasteiger partial charge in [0.25, 0.3) is 0 Å². The highest BCUT2D eigenvalue weighted by Gasteiger charge is 2.07. The lowest BCUT2D eigenvalue weighted by Gasteiger charge is -2.20. The maximum absolute atomic E-state index is 5.83. The number of benzene rings is 1. The van der Waals surface area contributed by atoms with Gasteiger partial charge in [0.2, 0.25) is 0 Å². The Morgan fingerprint density at radius 3 is 2.95 bits per heavy atom. The Labute approximate surface area is 113 Å². The Hall–Kier alpha value is -1.43. The third kappa shape index (κ3) is 3.76. The molecule has 1 aromatic heterocycles. The summed E-state index contributed by atoms with van der Waals surface area (Å²) in [5.41, 5.74) is 14.4. The molecule has 2 rings (SSSR count). The lowest BCUT2D eigenvalue weighted by atomic mass is 10.1. The van der Waals surface area contributed by atoms with Crippen molar-refractivity contribution in [3.8, 4) is 0 Å². The largest absolute Gasteiger partial charge is 0.441 e. The van der Waals surface area contributed by atoms with Crippen LogP contribution in [0.1, 0.15) is 11.5 Å². The van der Waals surface area contributed by atoms with Gasteiger partial charge in [-0.05, 0) is 31.2 Å². The highest BCUT2D eigenvalue weighted by atomic mass is 16.3. The van der Waals surface area contributed by atoms with Crippen molar-refractivity contribution in [1.82, 2.24) is 9.88 Å². The molecule has 0 spiro atoms. The topological polar surface area (TPSA) is 81.3 Å². The molecule has 2 aromatic rings. The maximum Gasteiger partial charge on any atom is 0.192 e. The molecule has 0 amide bonds. The molecule has 104 valence electrons. The molecule has 4 N–H and O–H groups in total. The van der Waals surface area contributed by atoms with Crippen molar-refractivity contribution in [1.29, 1.82) is 0 Å². The molecule has 19 heavy (non-hydrogen) atoms. The van der Waals surface area contributed by atoms with Crippen molar-refractivity contribution in [3.05, 3.63) is 29.7 Å². The zero-order valence-corrected chi connectivity index (χ0v) is 11.6. The summed E-state index contributed by atoms with van der Waals surface area (Å²) in [6, 6.07) is 6.21. The van der Waals surface area contributed by atoms with Crippen LogP contribution >= 0.6 is 0 Å². The van der Waals surface area contributed by atoms with Gasteiger partial charge in [0.1, 0.15) is 5.52 Å². The van der Waals surface area contributed by atoms with Crippen LogP contribution in [0.3, 0.4) is 0 Å². The number of aromatic nitrogens is 1. The maximum atomic E-state index is 5.83. The summed E-state index contributed by atoms with van der Waals surface area (Å²) in [5, 5.41) is 0. The number of fused-ring (bicyclic) bond motifs is 1. The first-order valence-electron chi connectivity index (χ1n) is 6.58. The number of oxazole rings is 1. The molecule has 0 bridgehead atoms. The van der Waals surface area contributed by atoms with Crippen LogP contribution in [0.15, 0.2) is 22.6 Å². The van der Waals surface area contributed by atoms with Crippen molar-refractivity contribution in [2.45, 2.75) is 19.4 Å². The van der Waals surface area contributed by atoms with E-state index < -0.39 is 0 Å². The van der Waals surface area contributed by atoms with Gasteiger partial charge in [-0.3, -0.25) is 0 Å². The molecule has 1 atom stereocenters. The molecule has 1 unspecified atom stereocenters. The van der Waals surface area contributed by atoms with Crippen LogP contribution in [0.4, 0.5) is 0 Å². The number of hydrogen-bond acceptors (Lipinski definition) is 5. The second-order valence-electron chi connectivity index (χ2n) is 5.04. The molecule has 0 radical (unpaired) electrons. The zero-order valence-electron chi connectivity index (χ0n) is 11.6. The number of aryl methyl sites for hydroxylation is 1. The quantitative estimate of drug-likeness (QED) is 0.808. The molecule has 1 heterocycles. The Kier molecular flexibility index (Phi) is 4.52. The summed E-state index contributed by atoms with van der Waals surface area (Å²) in [6.45, 7) is 4.15. The van der Waals surface area contributed by atoms with E-state index in [1.807, 2.05) is 13.0 Å². The van der Waals surface area contributed by atoms with Gasteiger partial charge in [-0.2, -0.15) is 0 Å². The lowest BCUT2D eigenvalue weighted by molar-refractivity contribution is 0.316. The molecule has 0 saturated carbocycles. The van der Waals surface area contributed by atoms with E-state index in [1.54, 1.807) is 0 Å². The number of likely N-dealkylation sites (N-methyl/N-ethyl adjacent to an activating group) is 1. The molecule has 5 nitrogen and oxygen atoms in total. The van der Waals surface area contributed by atoms with Crippen LogP contribution in [0.2, 0.25) is 0 Å². The first-order valence-corrected chi connectivity index (χ1v) is 6.58. The first kappa shape index (κ1) is 14.0. The summed E-state index contributed by atoms with van der Waals surface area (Å²) < 4.78 is 5.54. The Balaban J connectivity index is 1.94. The summed E-state index contributed by atoms with van der Waals surface area (Å²) in [4.78, 5) is 6.49. The normalized spacial score (nSPS) is 13.3. The minimum absolute atomic E-state index is 0.0457. The molecule has 0 aliphatic heterocycles. The molecular formula is C14H22N4O. The van der Waals surface area contributed by atoms with Gasteiger partial charge in [-0.1, -0.05) is 6.07 Å². The minimum atomic E-state index is 0.0457. The molecular weight excluding hydrogens is 240 g/mol.